The minimum Gasteiger partial charge on any atom is -0.490 e. The lowest BCUT2D eigenvalue weighted by molar-refractivity contribution is 0.0698. The Labute approximate surface area is 198 Å². The molecule has 1 aliphatic carbocycles. The van der Waals surface area contributed by atoms with Gasteiger partial charge >= 0.3 is 5.97 Å². The van der Waals surface area contributed by atoms with E-state index in [0.29, 0.717) is 17.1 Å². The maximum atomic E-state index is 12.5. The standard InChI is InChI=1S/C28H29NO3S/c1-4-18-12-13-23(32-19-9-7-8-16(2)14-19)25-21(28(30)31)15-22(29-26(18)25)27-17(3)20-10-5-6-11-24(20)33-27/h5-6,10-13,15-16,19H,4,7-9,14H2,1-3H3,(H,30,31)/t16-,19-/m0/s1. The molecule has 4 nitrogen and oxygen atoms in total. The van der Waals surface area contributed by atoms with Crippen molar-refractivity contribution < 1.29 is 14.6 Å². The third-order valence-corrected chi connectivity index (χ3v) is 8.17. The van der Waals surface area contributed by atoms with Gasteiger partial charge in [0.05, 0.1) is 33.1 Å². The first-order valence-corrected chi connectivity index (χ1v) is 12.6. The minimum absolute atomic E-state index is 0.121. The summed E-state index contributed by atoms with van der Waals surface area (Å²) >= 11 is 1.67. The van der Waals surface area contributed by atoms with Crippen LogP contribution < -0.4 is 4.74 Å². The molecule has 2 atom stereocenters. The molecule has 0 radical (unpaired) electrons. The zero-order valence-electron chi connectivity index (χ0n) is 19.4. The van der Waals surface area contributed by atoms with Crippen molar-refractivity contribution in [3.63, 3.8) is 0 Å². The summed E-state index contributed by atoms with van der Waals surface area (Å²) in [4.78, 5) is 18.5. The van der Waals surface area contributed by atoms with Crippen LogP contribution in [0, 0.1) is 12.8 Å². The molecule has 1 aliphatic rings. The summed E-state index contributed by atoms with van der Waals surface area (Å²) in [5.74, 6) is 0.327. The van der Waals surface area contributed by atoms with Gasteiger partial charge in [0, 0.05) is 4.70 Å². The Hall–Kier alpha value is -2.92. The number of hydrogen-bond acceptors (Lipinski definition) is 4. The molecule has 2 aromatic heterocycles. The van der Waals surface area contributed by atoms with Gasteiger partial charge in [-0.2, -0.15) is 0 Å². The molecule has 1 saturated carbocycles. The fraction of sp³-hybridized carbons (Fsp3) is 0.357. The fourth-order valence-electron chi connectivity index (χ4n) is 5.12. The highest BCUT2D eigenvalue weighted by molar-refractivity contribution is 7.22. The van der Waals surface area contributed by atoms with Crippen molar-refractivity contribution >= 4 is 38.3 Å². The normalized spacial score (nSPS) is 18.6. The Morgan fingerprint density at radius 3 is 2.76 bits per heavy atom. The first-order chi connectivity index (χ1) is 16.0. The number of nitrogens with zero attached hydrogens (tertiary/aromatic N) is 1. The Bertz CT molecular complexity index is 1360. The molecule has 1 fully saturated rings. The summed E-state index contributed by atoms with van der Waals surface area (Å²) in [6, 6.07) is 14.0. The van der Waals surface area contributed by atoms with Gasteiger partial charge in [0.15, 0.2) is 0 Å². The highest BCUT2D eigenvalue weighted by atomic mass is 32.1. The number of ether oxygens (including phenoxy) is 1. The second kappa shape index (κ2) is 8.79. The van der Waals surface area contributed by atoms with E-state index in [2.05, 4.69) is 32.9 Å². The van der Waals surface area contributed by atoms with Crippen molar-refractivity contribution in [3.05, 3.63) is 59.2 Å². The van der Waals surface area contributed by atoms with E-state index in [-0.39, 0.29) is 11.7 Å². The predicted molar refractivity (Wildman–Crippen MR) is 136 cm³/mol. The van der Waals surface area contributed by atoms with Gasteiger partial charge in [-0.1, -0.05) is 44.5 Å². The largest absolute Gasteiger partial charge is 0.490 e. The van der Waals surface area contributed by atoms with Crippen LogP contribution in [0.4, 0.5) is 0 Å². The molecule has 170 valence electrons. The lowest BCUT2D eigenvalue weighted by atomic mass is 9.88. The van der Waals surface area contributed by atoms with Crippen LogP contribution >= 0.6 is 11.3 Å². The van der Waals surface area contributed by atoms with Crippen molar-refractivity contribution in [2.45, 2.75) is 59.0 Å². The Morgan fingerprint density at radius 2 is 2.03 bits per heavy atom. The van der Waals surface area contributed by atoms with Gasteiger partial charge in [-0.3, -0.25) is 0 Å². The van der Waals surface area contributed by atoms with Crippen LogP contribution in [0.1, 0.15) is 61.0 Å². The molecule has 5 rings (SSSR count). The summed E-state index contributed by atoms with van der Waals surface area (Å²) < 4.78 is 7.63. The molecule has 0 bridgehead atoms. The summed E-state index contributed by atoms with van der Waals surface area (Å²) in [6.45, 7) is 6.43. The average Bonchev–Trinajstić information content (AvgIpc) is 3.15. The smallest absolute Gasteiger partial charge is 0.336 e. The van der Waals surface area contributed by atoms with Gasteiger partial charge in [0.1, 0.15) is 5.75 Å². The van der Waals surface area contributed by atoms with E-state index in [1.54, 1.807) is 17.4 Å². The first kappa shape index (κ1) is 21.9. The number of fused-ring (bicyclic) bond motifs is 2. The molecule has 1 N–H and O–H groups in total. The molecule has 2 heterocycles. The quantitative estimate of drug-likeness (QED) is 0.333. The van der Waals surface area contributed by atoms with Crippen molar-refractivity contribution in [1.29, 1.82) is 0 Å². The SMILES string of the molecule is CCc1ccc(O[C@H]2CCC[C@H](C)C2)c2c(C(=O)O)cc(-c3sc4ccccc4c3C)nc12. The molecule has 0 aliphatic heterocycles. The predicted octanol–water partition coefficient (Wildman–Crippen LogP) is 7.64. The number of pyridine rings is 1. The van der Waals surface area contributed by atoms with E-state index >= 15 is 0 Å². The number of rotatable bonds is 5. The van der Waals surface area contributed by atoms with Crippen LogP contribution in [0.3, 0.4) is 0 Å². The molecule has 33 heavy (non-hydrogen) atoms. The van der Waals surface area contributed by atoms with Crippen LogP contribution in [0.25, 0.3) is 31.6 Å². The third-order valence-electron chi connectivity index (χ3n) is 6.88. The zero-order valence-corrected chi connectivity index (χ0v) is 20.2. The van der Waals surface area contributed by atoms with E-state index in [4.69, 9.17) is 9.72 Å². The van der Waals surface area contributed by atoms with Gasteiger partial charge in [-0.15, -0.1) is 11.3 Å². The van der Waals surface area contributed by atoms with Crippen LogP contribution in [-0.4, -0.2) is 22.2 Å². The Kier molecular flexibility index (Phi) is 5.83. The van der Waals surface area contributed by atoms with Crippen LogP contribution in [0.15, 0.2) is 42.5 Å². The maximum absolute atomic E-state index is 12.5. The van der Waals surface area contributed by atoms with Crippen molar-refractivity contribution in [2.24, 2.45) is 5.92 Å². The second-order valence-corrected chi connectivity index (χ2v) is 10.3. The third kappa shape index (κ3) is 3.99. The fourth-order valence-corrected chi connectivity index (χ4v) is 6.29. The Morgan fingerprint density at radius 1 is 1.21 bits per heavy atom. The molecule has 0 saturated heterocycles. The summed E-state index contributed by atoms with van der Waals surface area (Å²) in [6.07, 6.45) is 5.29. The van der Waals surface area contributed by atoms with Crippen LogP contribution in [-0.2, 0) is 6.42 Å². The molecular formula is C28H29NO3S. The minimum atomic E-state index is -0.947. The summed E-state index contributed by atoms with van der Waals surface area (Å²) in [5, 5.41) is 12.0. The van der Waals surface area contributed by atoms with Gasteiger partial charge in [-0.05, 0) is 73.2 Å². The number of aryl methyl sites for hydroxylation is 2. The molecule has 0 spiro atoms. The van der Waals surface area contributed by atoms with E-state index < -0.39 is 5.97 Å². The van der Waals surface area contributed by atoms with Gasteiger partial charge in [-0.25, -0.2) is 9.78 Å². The molecule has 0 unspecified atom stereocenters. The highest BCUT2D eigenvalue weighted by Crippen LogP contribution is 2.41. The molecule has 4 aromatic rings. The molecule has 0 amide bonds. The second-order valence-electron chi connectivity index (χ2n) is 9.22. The van der Waals surface area contributed by atoms with E-state index in [1.807, 2.05) is 24.3 Å². The van der Waals surface area contributed by atoms with E-state index in [0.717, 1.165) is 52.9 Å². The van der Waals surface area contributed by atoms with Gasteiger partial charge < -0.3 is 9.84 Å². The lowest BCUT2D eigenvalue weighted by Gasteiger charge is -2.28. The number of hydrogen-bond donors (Lipinski definition) is 1. The number of carbonyl (C=O) groups is 1. The number of aromatic carboxylic acids is 1. The zero-order chi connectivity index (χ0) is 23.1. The number of aromatic nitrogens is 1. The number of benzene rings is 2. The Balaban J connectivity index is 1.71. The summed E-state index contributed by atoms with van der Waals surface area (Å²) in [5.41, 5.74) is 3.90. The van der Waals surface area contributed by atoms with Crippen LogP contribution in [0.2, 0.25) is 0 Å². The van der Waals surface area contributed by atoms with Crippen molar-refractivity contribution in [3.8, 4) is 16.3 Å². The molecule has 5 heteroatoms. The monoisotopic (exact) mass is 459 g/mol. The number of carboxylic acids is 1. The van der Waals surface area contributed by atoms with Crippen molar-refractivity contribution in [1.82, 2.24) is 4.98 Å². The lowest BCUT2D eigenvalue weighted by Crippen LogP contribution is -2.24. The highest BCUT2D eigenvalue weighted by Gasteiger charge is 2.25. The average molecular weight is 460 g/mol. The van der Waals surface area contributed by atoms with Crippen LogP contribution in [0.5, 0.6) is 5.75 Å². The topological polar surface area (TPSA) is 59.4 Å². The van der Waals surface area contributed by atoms with Crippen molar-refractivity contribution in [2.75, 3.05) is 0 Å². The molecular weight excluding hydrogens is 430 g/mol. The number of carboxylic acid groups (broad SMARTS) is 1. The van der Waals surface area contributed by atoms with E-state index in [1.165, 1.54) is 16.5 Å². The van der Waals surface area contributed by atoms with E-state index in [9.17, 15) is 9.90 Å². The van der Waals surface area contributed by atoms with Gasteiger partial charge in [0.25, 0.3) is 0 Å². The molecule has 2 aromatic carbocycles. The summed E-state index contributed by atoms with van der Waals surface area (Å²) in [7, 11) is 0. The number of thiophene rings is 1. The maximum Gasteiger partial charge on any atom is 0.336 e. The van der Waals surface area contributed by atoms with Gasteiger partial charge in [0.2, 0.25) is 0 Å². The first-order valence-electron chi connectivity index (χ1n) is 11.8.